The van der Waals surface area contributed by atoms with Gasteiger partial charge in [0, 0.05) is 12.1 Å². The van der Waals surface area contributed by atoms with E-state index < -0.39 is 6.03 Å². The fraction of sp³-hybridized carbons (Fsp3) is 0.680. The molecule has 2 rings (SSSR count). The molecule has 1 aromatic rings. The van der Waals surface area contributed by atoms with Crippen molar-refractivity contribution in [1.29, 1.82) is 0 Å². The van der Waals surface area contributed by atoms with E-state index in [2.05, 4.69) is 29.1 Å². The highest BCUT2D eigenvalue weighted by Crippen LogP contribution is 2.14. The maximum Gasteiger partial charge on any atom is 0.368 e. The third-order valence-electron chi connectivity index (χ3n) is 5.63. The summed E-state index contributed by atoms with van der Waals surface area (Å²) in [5, 5.41) is 3.98. The SMILES string of the molecule is CC(C)CCCCCCCCCCCCCCC(=O)Nc1ccc2c(c1)=NC(=O)N=2. The lowest BCUT2D eigenvalue weighted by Crippen LogP contribution is -2.22. The van der Waals surface area contributed by atoms with Crippen molar-refractivity contribution in [3.8, 4) is 0 Å². The predicted molar refractivity (Wildman–Crippen MR) is 122 cm³/mol. The van der Waals surface area contributed by atoms with Crippen LogP contribution >= 0.6 is 0 Å². The number of hydrogen-bond acceptors (Lipinski definition) is 2. The van der Waals surface area contributed by atoms with Crippen molar-refractivity contribution in [2.75, 3.05) is 5.32 Å². The van der Waals surface area contributed by atoms with Crippen LogP contribution in [0.1, 0.15) is 104 Å². The second-order valence-corrected chi connectivity index (χ2v) is 8.93. The molecule has 0 aliphatic carbocycles. The maximum absolute atomic E-state index is 12.1. The van der Waals surface area contributed by atoms with E-state index in [9.17, 15) is 9.59 Å². The van der Waals surface area contributed by atoms with Gasteiger partial charge in [-0.1, -0.05) is 90.9 Å². The largest absolute Gasteiger partial charge is 0.368 e. The van der Waals surface area contributed by atoms with Crippen molar-refractivity contribution in [2.45, 2.75) is 104 Å². The monoisotopic (exact) mass is 413 g/mol. The number of hydrogen-bond donors (Lipinski definition) is 1. The number of nitrogens with one attached hydrogen (secondary N) is 1. The van der Waals surface area contributed by atoms with E-state index in [1.165, 1.54) is 70.6 Å². The zero-order valence-electron chi connectivity index (χ0n) is 18.9. The van der Waals surface area contributed by atoms with Gasteiger partial charge in [-0.25, -0.2) is 4.79 Å². The second kappa shape index (κ2) is 14.1. The van der Waals surface area contributed by atoms with Crippen molar-refractivity contribution >= 4 is 17.6 Å². The lowest BCUT2D eigenvalue weighted by molar-refractivity contribution is -0.116. The summed E-state index contributed by atoms with van der Waals surface area (Å²) in [7, 11) is 0. The fourth-order valence-electron chi connectivity index (χ4n) is 3.85. The smallest absolute Gasteiger partial charge is 0.326 e. The van der Waals surface area contributed by atoms with Crippen LogP contribution in [0.4, 0.5) is 10.5 Å². The molecule has 0 radical (unpaired) electrons. The van der Waals surface area contributed by atoms with Crippen LogP contribution in [0.3, 0.4) is 0 Å². The van der Waals surface area contributed by atoms with Crippen LogP contribution in [0, 0.1) is 5.92 Å². The number of carbonyl (C=O) groups is 2. The van der Waals surface area contributed by atoms with E-state index in [0.29, 0.717) is 22.8 Å². The summed E-state index contributed by atoms with van der Waals surface area (Å²) >= 11 is 0. The number of unbranched alkanes of at least 4 members (excludes halogenated alkanes) is 11. The van der Waals surface area contributed by atoms with Crippen LogP contribution < -0.4 is 16.0 Å². The van der Waals surface area contributed by atoms with E-state index in [1.54, 1.807) is 18.2 Å². The van der Waals surface area contributed by atoms with Crippen LogP contribution in [0.15, 0.2) is 28.2 Å². The van der Waals surface area contributed by atoms with E-state index in [0.717, 1.165) is 18.8 Å². The maximum atomic E-state index is 12.1. The first-order chi connectivity index (χ1) is 14.5. The van der Waals surface area contributed by atoms with Crippen molar-refractivity contribution < 1.29 is 9.59 Å². The zero-order valence-corrected chi connectivity index (χ0v) is 18.9. The first-order valence-electron chi connectivity index (χ1n) is 12.0. The second-order valence-electron chi connectivity index (χ2n) is 8.93. The zero-order chi connectivity index (χ0) is 21.6. The minimum atomic E-state index is -0.481. The summed E-state index contributed by atoms with van der Waals surface area (Å²) in [5.41, 5.74) is 0.673. The molecule has 1 aliphatic heterocycles. The van der Waals surface area contributed by atoms with Crippen molar-refractivity contribution in [3.63, 3.8) is 0 Å². The molecule has 3 amide bonds. The molecule has 1 N–H and O–H groups in total. The van der Waals surface area contributed by atoms with Gasteiger partial charge >= 0.3 is 6.03 Å². The Morgan fingerprint density at radius 1 is 0.800 bits per heavy atom. The van der Waals surface area contributed by atoms with Crippen molar-refractivity contribution in [2.24, 2.45) is 15.9 Å². The molecule has 0 spiro atoms. The highest BCUT2D eigenvalue weighted by molar-refractivity contribution is 5.90. The minimum absolute atomic E-state index is 0.0182. The van der Waals surface area contributed by atoms with Gasteiger partial charge in [0.2, 0.25) is 5.91 Å². The molecule has 166 valence electrons. The molecular weight excluding hydrogens is 374 g/mol. The summed E-state index contributed by atoms with van der Waals surface area (Å²) in [5.74, 6) is 0.870. The lowest BCUT2D eigenvalue weighted by Gasteiger charge is -2.05. The minimum Gasteiger partial charge on any atom is -0.326 e. The Morgan fingerprint density at radius 2 is 1.33 bits per heavy atom. The van der Waals surface area contributed by atoms with Crippen LogP contribution in [-0.2, 0) is 4.79 Å². The fourth-order valence-corrected chi connectivity index (χ4v) is 3.85. The molecule has 0 fully saturated rings. The number of urea groups is 1. The van der Waals surface area contributed by atoms with Gasteiger partial charge in [-0.05, 0) is 30.5 Å². The summed E-state index contributed by atoms with van der Waals surface area (Å²) in [6, 6.07) is 4.70. The molecule has 30 heavy (non-hydrogen) atoms. The normalized spacial score (nSPS) is 12.6. The van der Waals surface area contributed by atoms with Gasteiger partial charge < -0.3 is 5.32 Å². The lowest BCUT2D eigenvalue weighted by atomic mass is 10.0. The van der Waals surface area contributed by atoms with Crippen molar-refractivity contribution in [3.05, 3.63) is 28.9 Å². The van der Waals surface area contributed by atoms with Gasteiger partial charge in [-0.3, -0.25) is 4.79 Å². The molecule has 0 saturated carbocycles. The number of anilines is 1. The first-order valence-corrected chi connectivity index (χ1v) is 12.0. The Labute approximate surface area is 181 Å². The number of rotatable bonds is 16. The molecule has 0 unspecified atom stereocenters. The topological polar surface area (TPSA) is 70.9 Å². The van der Waals surface area contributed by atoms with Crippen LogP contribution in [-0.4, -0.2) is 11.9 Å². The summed E-state index contributed by atoms with van der Waals surface area (Å²) in [4.78, 5) is 30.8. The van der Waals surface area contributed by atoms with Crippen LogP contribution in [0.5, 0.6) is 0 Å². The third kappa shape index (κ3) is 10.1. The average Bonchev–Trinajstić information content (AvgIpc) is 3.07. The van der Waals surface area contributed by atoms with Gasteiger partial charge in [-0.15, -0.1) is 0 Å². The average molecular weight is 414 g/mol. The Morgan fingerprint density at radius 3 is 1.93 bits per heavy atom. The molecule has 1 aromatic carbocycles. The van der Waals surface area contributed by atoms with Gasteiger partial charge in [0.1, 0.15) is 0 Å². The molecule has 0 saturated heterocycles. The standard InChI is InChI=1S/C25H39N3O2/c1-20(2)15-13-11-9-7-5-3-4-6-8-10-12-14-16-24(29)26-21-17-18-22-23(19-21)28-25(30)27-22/h17-20H,3-16H2,1-2H3,(H,26,29). The molecule has 5 nitrogen and oxygen atoms in total. The van der Waals surface area contributed by atoms with Gasteiger partial charge in [-0.2, -0.15) is 9.98 Å². The molecule has 0 aromatic heterocycles. The molecule has 1 aliphatic rings. The third-order valence-corrected chi connectivity index (χ3v) is 5.63. The summed E-state index contributed by atoms with van der Waals surface area (Å²) in [6.07, 6.45) is 17.5. The van der Waals surface area contributed by atoms with Crippen LogP contribution in [0.2, 0.25) is 0 Å². The molecule has 5 heteroatoms. The predicted octanol–water partition coefficient (Wildman–Crippen LogP) is 6.12. The number of benzene rings is 1. The van der Waals surface area contributed by atoms with E-state index in [-0.39, 0.29) is 5.91 Å². The summed E-state index contributed by atoms with van der Waals surface area (Å²) < 4.78 is 0. The molecular formula is C25H39N3O2. The van der Waals surface area contributed by atoms with Gasteiger partial charge in [0.15, 0.2) is 0 Å². The van der Waals surface area contributed by atoms with Crippen molar-refractivity contribution in [1.82, 2.24) is 0 Å². The van der Waals surface area contributed by atoms with E-state index in [4.69, 9.17) is 0 Å². The Kier molecular flexibility index (Phi) is 11.3. The molecule has 0 bridgehead atoms. The number of carbonyl (C=O) groups excluding carboxylic acids is 2. The quantitative estimate of drug-likeness (QED) is 0.332. The number of nitrogens with zero attached hydrogens (tertiary/aromatic N) is 2. The molecule has 1 heterocycles. The molecule has 0 atom stereocenters. The van der Waals surface area contributed by atoms with E-state index >= 15 is 0 Å². The number of amides is 3. The highest BCUT2D eigenvalue weighted by atomic mass is 16.2. The Balaban J connectivity index is 1.40. The first kappa shape index (κ1) is 24.2. The number of fused-ring (bicyclic) bond motifs is 1. The highest BCUT2D eigenvalue weighted by Gasteiger charge is 2.07. The summed E-state index contributed by atoms with van der Waals surface area (Å²) in [6.45, 7) is 4.62. The van der Waals surface area contributed by atoms with Gasteiger partial charge in [0.05, 0.1) is 10.7 Å². The van der Waals surface area contributed by atoms with E-state index in [1.807, 2.05) is 0 Å². The van der Waals surface area contributed by atoms with Crippen LogP contribution in [0.25, 0.3) is 0 Å². The Hall–Kier alpha value is -2.04. The Bertz CT molecular complexity index is 786. The van der Waals surface area contributed by atoms with Gasteiger partial charge in [0.25, 0.3) is 0 Å².